The Balaban J connectivity index is 0.00000220. The van der Waals surface area contributed by atoms with Gasteiger partial charge in [0, 0.05) is 37.7 Å². The van der Waals surface area contributed by atoms with Gasteiger partial charge in [-0.2, -0.15) is 0 Å². The van der Waals surface area contributed by atoms with E-state index in [0.29, 0.717) is 10.6 Å². The molecule has 1 aromatic rings. The fourth-order valence-corrected chi connectivity index (χ4v) is 2.49. The van der Waals surface area contributed by atoms with Gasteiger partial charge in [0.15, 0.2) is 0 Å². The molecular formula is C15H22Cl2N2O2. The van der Waals surface area contributed by atoms with E-state index in [1.165, 1.54) is 0 Å². The normalized spacial score (nSPS) is 17.9. The summed E-state index contributed by atoms with van der Waals surface area (Å²) < 4.78 is 5.47. The lowest BCUT2D eigenvalue weighted by atomic mass is 10.2. The SMILES string of the molecule is CC(CN1CCN(C)CC1)OC(=O)c1cccc(Cl)c1.Cl. The Bertz CT molecular complexity index is 463. The molecule has 4 nitrogen and oxygen atoms in total. The molecule has 1 fully saturated rings. The molecule has 0 amide bonds. The van der Waals surface area contributed by atoms with Gasteiger partial charge in [-0.1, -0.05) is 17.7 Å². The number of halogens is 2. The highest BCUT2D eigenvalue weighted by Gasteiger charge is 2.18. The Kier molecular flexibility index (Phi) is 7.46. The molecule has 118 valence electrons. The molecule has 21 heavy (non-hydrogen) atoms. The Labute approximate surface area is 137 Å². The average molecular weight is 333 g/mol. The molecule has 1 aromatic carbocycles. The Morgan fingerprint density at radius 1 is 1.33 bits per heavy atom. The van der Waals surface area contributed by atoms with Crippen LogP contribution in [0.2, 0.25) is 5.02 Å². The Morgan fingerprint density at radius 3 is 2.62 bits per heavy atom. The second kappa shape index (κ2) is 8.59. The predicted molar refractivity (Wildman–Crippen MR) is 87.5 cm³/mol. The first-order valence-corrected chi connectivity index (χ1v) is 7.30. The van der Waals surface area contributed by atoms with Crippen LogP contribution in [0.25, 0.3) is 0 Å². The molecule has 2 rings (SSSR count). The number of piperazine rings is 1. The maximum atomic E-state index is 12.0. The summed E-state index contributed by atoms with van der Waals surface area (Å²) in [5, 5.41) is 0.547. The van der Waals surface area contributed by atoms with Gasteiger partial charge in [0.25, 0.3) is 0 Å². The molecule has 1 saturated heterocycles. The monoisotopic (exact) mass is 332 g/mol. The summed E-state index contributed by atoms with van der Waals surface area (Å²) in [7, 11) is 2.12. The Hall–Kier alpha value is -0.810. The van der Waals surface area contributed by atoms with E-state index in [-0.39, 0.29) is 24.5 Å². The zero-order chi connectivity index (χ0) is 14.5. The number of carbonyl (C=O) groups is 1. The smallest absolute Gasteiger partial charge is 0.338 e. The number of benzene rings is 1. The van der Waals surface area contributed by atoms with Crippen LogP contribution in [0.15, 0.2) is 24.3 Å². The van der Waals surface area contributed by atoms with Crippen LogP contribution >= 0.6 is 24.0 Å². The van der Waals surface area contributed by atoms with Gasteiger partial charge in [-0.25, -0.2) is 4.79 Å². The third-order valence-electron chi connectivity index (χ3n) is 3.48. The van der Waals surface area contributed by atoms with Crippen molar-refractivity contribution in [2.24, 2.45) is 0 Å². The van der Waals surface area contributed by atoms with Crippen LogP contribution in [0.1, 0.15) is 17.3 Å². The minimum absolute atomic E-state index is 0. The van der Waals surface area contributed by atoms with Crippen LogP contribution in [0.3, 0.4) is 0 Å². The van der Waals surface area contributed by atoms with Gasteiger partial charge >= 0.3 is 5.97 Å². The number of hydrogen-bond donors (Lipinski definition) is 0. The Morgan fingerprint density at radius 2 is 2.00 bits per heavy atom. The lowest BCUT2D eigenvalue weighted by molar-refractivity contribution is 0.0207. The molecule has 1 unspecified atom stereocenters. The third-order valence-corrected chi connectivity index (χ3v) is 3.71. The minimum atomic E-state index is -0.311. The van der Waals surface area contributed by atoms with E-state index in [0.717, 1.165) is 32.7 Å². The van der Waals surface area contributed by atoms with Gasteiger partial charge < -0.3 is 9.64 Å². The molecule has 1 aliphatic rings. The van der Waals surface area contributed by atoms with Crippen molar-refractivity contribution in [2.45, 2.75) is 13.0 Å². The third kappa shape index (κ3) is 5.83. The molecule has 0 spiro atoms. The highest BCUT2D eigenvalue weighted by Crippen LogP contribution is 2.13. The summed E-state index contributed by atoms with van der Waals surface area (Å²) >= 11 is 5.87. The molecular weight excluding hydrogens is 311 g/mol. The van der Waals surface area contributed by atoms with Gasteiger partial charge in [-0.15, -0.1) is 12.4 Å². The van der Waals surface area contributed by atoms with E-state index in [1.54, 1.807) is 24.3 Å². The first kappa shape index (κ1) is 18.2. The fourth-order valence-electron chi connectivity index (χ4n) is 2.30. The zero-order valence-corrected chi connectivity index (χ0v) is 14.0. The topological polar surface area (TPSA) is 32.8 Å². The summed E-state index contributed by atoms with van der Waals surface area (Å²) in [5.41, 5.74) is 0.503. The molecule has 1 heterocycles. The van der Waals surface area contributed by atoms with Crippen LogP contribution < -0.4 is 0 Å². The maximum absolute atomic E-state index is 12.0. The summed E-state index contributed by atoms with van der Waals surface area (Å²) in [6.45, 7) is 6.88. The lowest BCUT2D eigenvalue weighted by Crippen LogP contribution is -2.47. The van der Waals surface area contributed by atoms with Crippen molar-refractivity contribution in [1.82, 2.24) is 9.80 Å². The second-order valence-electron chi connectivity index (χ2n) is 5.33. The first-order chi connectivity index (χ1) is 9.54. The molecule has 6 heteroatoms. The maximum Gasteiger partial charge on any atom is 0.338 e. The van der Waals surface area contributed by atoms with Gasteiger partial charge in [0.2, 0.25) is 0 Å². The number of esters is 1. The molecule has 0 aliphatic carbocycles. The molecule has 0 aromatic heterocycles. The van der Waals surface area contributed by atoms with Crippen molar-refractivity contribution < 1.29 is 9.53 Å². The number of rotatable bonds is 4. The van der Waals surface area contributed by atoms with E-state index >= 15 is 0 Å². The van der Waals surface area contributed by atoms with Crippen LogP contribution in [0, 0.1) is 0 Å². The summed E-state index contributed by atoms with van der Waals surface area (Å²) in [6, 6.07) is 6.85. The van der Waals surface area contributed by atoms with Gasteiger partial charge in [0.1, 0.15) is 6.10 Å². The first-order valence-electron chi connectivity index (χ1n) is 6.92. The van der Waals surface area contributed by atoms with Crippen molar-refractivity contribution in [3.05, 3.63) is 34.9 Å². The molecule has 1 atom stereocenters. The molecule has 0 N–H and O–H groups in total. The highest BCUT2D eigenvalue weighted by atomic mass is 35.5. The van der Waals surface area contributed by atoms with Gasteiger partial charge in [0.05, 0.1) is 5.56 Å². The van der Waals surface area contributed by atoms with Crippen molar-refractivity contribution in [1.29, 1.82) is 0 Å². The summed E-state index contributed by atoms with van der Waals surface area (Å²) in [6.07, 6.45) is -0.120. The summed E-state index contributed by atoms with van der Waals surface area (Å²) in [5.74, 6) is -0.311. The van der Waals surface area contributed by atoms with Crippen molar-refractivity contribution in [3.63, 3.8) is 0 Å². The van der Waals surface area contributed by atoms with E-state index in [1.807, 2.05) is 6.92 Å². The minimum Gasteiger partial charge on any atom is -0.458 e. The van der Waals surface area contributed by atoms with Crippen LogP contribution in [-0.2, 0) is 4.74 Å². The second-order valence-corrected chi connectivity index (χ2v) is 5.77. The predicted octanol–water partition coefficient (Wildman–Crippen LogP) is 2.55. The zero-order valence-electron chi connectivity index (χ0n) is 12.4. The van der Waals surface area contributed by atoms with E-state index < -0.39 is 0 Å². The van der Waals surface area contributed by atoms with Gasteiger partial charge in [-0.3, -0.25) is 4.90 Å². The average Bonchev–Trinajstić information content (AvgIpc) is 2.41. The van der Waals surface area contributed by atoms with E-state index in [4.69, 9.17) is 16.3 Å². The van der Waals surface area contributed by atoms with Crippen molar-refractivity contribution in [2.75, 3.05) is 39.8 Å². The molecule has 0 bridgehead atoms. The van der Waals surface area contributed by atoms with Crippen molar-refractivity contribution >= 4 is 30.0 Å². The van der Waals surface area contributed by atoms with Crippen LogP contribution in [0.5, 0.6) is 0 Å². The van der Waals surface area contributed by atoms with E-state index in [2.05, 4.69) is 16.8 Å². The molecule has 0 radical (unpaired) electrons. The lowest BCUT2D eigenvalue weighted by Gasteiger charge is -2.33. The largest absolute Gasteiger partial charge is 0.458 e. The number of ether oxygens (including phenoxy) is 1. The highest BCUT2D eigenvalue weighted by molar-refractivity contribution is 6.30. The number of hydrogen-bond acceptors (Lipinski definition) is 4. The molecule has 0 saturated carbocycles. The number of carbonyl (C=O) groups excluding carboxylic acids is 1. The van der Waals surface area contributed by atoms with Crippen LogP contribution in [0.4, 0.5) is 0 Å². The van der Waals surface area contributed by atoms with Gasteiger partial charge in [-0.05, 0) is 32.2 Å². The van der Waals surface area contributed by atoms with Crippen molar-refractivity contribution in [3.8, 4) is 0 Å². The molecule has 1 aliphatic heterocycles. The van der Waals surface area contributed by atoms with E-state index in [9.17, 15) is 4.79 Å². The van der Waals surface area contributed by atoms with Crippen LogP contribution in [-0.4, -0.2) is 61.6 Å². The standard InChI is InChI=1S/C15H21ClN2O2.ClH/c1-12(11-18-8-6-17(2)7-9-18)20-15(19)13-4-3-5-14(16)10-13;/h3-5,10,12H,6-9,11H2,1-2H3;1H. The number of nitrogens with zero attached hydrogens (tertiary/aromatic N) is 2. The fraction of sp³-hybridized carbons (Fsp3) is 0.533. The number of likely N-dealkylation sites (N-methyl/N-ethyl adjacent to an activating group) is 1. The quantitative estimate of drug-likeness (QED) is 0.793. The summed E-state index contributed by atoms with van der Waals surface area (Å²) in [4.78, 5) is 16.6.